The van der Waals surface area contributed by atoms with Crippen LogP contribution in [0.2, 0.25) is 0 Å². The van der Waals surface area contributed by atoms with Crippen molar-refractivity contribution < 1.29 is 9.59 Å². The summed E-state index contributed by atoms with van der Waals surface area (Å²) in [5.74, 6) is 0. The average Bonchev–Trinajstić information content (AvgIpc) is 1.39. The monoisotopic (exact) mass is 90.0 g/mol. The molecule has 0 aromatic carbocycles. The summed E-state index contributed by atoms with van der Waals surface area (Å²) in [5.41, 5.74) is 8.33. The third kappa shape index (κ3) is 9.85. The van der Waals surface area contributed by atoms with Crippen molar-refractivity contribution in [2.75, 3.05) is 0 Å². The van der Waals surface area contributed by atoms with Gasteiger partial charge in [-0.3, -0.25) is 9.59 Å². The fourth-order valence-electron chi connectivity index (χ4n) is 0. The van der Waals surface area contributed by atoms with E-state index in [0.717, 1.165) is 0 Å². The van der Waals surface area contributed by atoms with Gasteiger partial charge in [0.15, 0.2) is 0 Å². The lowest BCUT2D eigenvalue weighted by atomic mass is 11.5. The normalized spacial score (nSPS) is 4.00. The van der Waals surface area contributed by atoms with Crippen molar-refractivity contribution in [1.29, 1.82) is 0 Å². The first kappa shape index (κ1) is 8.87. The molecule has 36 valence electrons. The van der Waals surface area contributed by atoms with Gasteiger partial charge in [0.1, 0.15) is 0 Å². The summed E-state index contributed by atoms with van der Waals surface area (Å²) < 4.78 is 0. The molecule has 0 saturated heterocycles. The Labute approximate surface area is 35.1 Å². The number of hydrogen-bond acceptors (Lipinski definition) is 2. The Morgan fingerprint density at radius 2 is 1.00 bits per heavy atom. The van der Waals surface area contributed by atoms with E-state index in [1.807, 2.05) is 0 Å². The van der Waals surface area contributed by atoms with Gasteiger partial charge in [-0.2, -0.15) is 0 Å². The van der Waals surface area contributed by atoms with Crippen LogP contribution in [0.1, 0.15) is 0 Å². The largest absolute Gasteiger partial charge is 0.372 e. The summed E-state index contributed by atoms with van der Waals surface area (Å²) in [4.78, 5) is 17.2. The van der Waals surface area contributed by atoms with Crippen molar-refractivity contribution in [3.63, 3.8) is 0 Å². The van der Waals surface area contributed by atoms with Crippen LogP contribution in [0.5, 0.6) is 0 Å². The summed E-state index contributed by atoms with van der Waals surface area (Å²) in [6.07, 6.45) is 0.500. The molecule has 2 amide bonds. The number of hydrogen-bond donors (Lipinski definition) is 2. The first-order chi connectivity index (χ1) is 2.83. The molecule has 0 aliphatic heterocycles. The quantitative estimate of drug-likeness (QED) is 0.344. The molecule has 6 heavy (non-hydrogen) atoms. The van der Waals surface area contributed by atoms with E-state index in [2.05, 4.69) is 11.5 Å². The summed E-state index contributed by atoms with van der Waals surface area (Å²) in [7, 11) is 0. The van der Waals surface area contributed by atoms with Gasteiger partial charge in [0.05, 0.1) is 0 Å². The summed E-state index contributed by atoms with van der Waals surface area (Å²) >= 11 is 0. The Morgan fingerprint density at radius 3 is 1.00 bits per heavy atom. The molecule has 0 saturated carbocycles. The molecule has 0 spiro atoms. The van der Waals surface area contributed by atoms with E-state index in [1.54, 1.807) is 0 Å². The van der Waals surface area contributed by atoms with E-state index in [0.29, 0.717) is 0 Å². The number of primary amides is 2. The molecule has 0 heterocycles. The number of carbonyl (C=O) groups is 2. The van der Waals surface area contributed by atoms with Crippen molar-refractivity contribution in [2.24, 2.45) is 11.5 Å². The van der Waals surface area contributed by atoms with Gasteiger partial charge in [0.2, 0.25) is 12.8 Å². The van der Waals surface area contributed by atoms with Gasteiger partial charge < -0.3 is 11.5 Å². The van der Waals surface area contributed by atoms with E-state index in [-0.39, 0.29) is 12.8 Å². The van der Waals surface area contributed by atoms with Gasteiger partial charge in [-0.15, -0.1) is 0 Å². The average molecular weight is 90.1 g/mol. The van der Waals surface area contributed by atoms with Crippen molar-refractivity contribution in [3.8, 4) is 0 Å². The molecule has 0 aromatic heterocycles. The molecule has 0 aliphatic carbocycles. The Hall–Kier alpha value is -1.06. The van der Waals surface area contributed by atoms with Crippen molar-refractivity contribution in [1.82, 2.24) is 0 Å². The van der Waals surface area contributed by atoms with Crippen LogP contribution in [0.4, 0.5) is 0 Å². The molecule has 0 aliphatic rings. The number of amides is 2. The van der Waals surface area contributed by atoms with Gasteiger partial charge in [0.25, 0.3) is 0 Å². The Bertz CT molecular complexity index is 30.5. The Morgan fingerprint density at radius 1 is 1.00 bits per heavy atom. The van der Waals surface area contributed by atoms with E-state index >= 15 is 0 Å². The van der Waals surface area contributed by atoms with E-state index in [9.17, 15) is 0 Å². The number of carbonyl (C=O) groups excluding carboxylic acids is 2. The molecule has 0 aromatic rings. The first-order valence-corrected chi connectivity index (χ1v) is 1.14. The lowest BCUT2D eigenvalue weighted by Gasteiger charge is -1.32. The van der Waals surface area contributed by atoms with Crippen LogP contribution >= 0.6 is 0 Å². The Kier molecular flexibility index (Phi) is 57.0. The molecule has 0 radical (unpaired) electrons. The molecule has 0 rings (SSSR count). The third-order valence-corrected chi connectivity index (χ3v) is 0. The fraction of sp³-hybridized carbons (Fsp3) is 0. The lowest BCUT2D eigenvalue weighted by Crippen LogP contribution is -1.82. The minimum atomic E-state index is 0.250. The second-order valence-electron chi connectivity index (χ2n) is 0.272. The van der Waals surface area contributed by atoms with E-state index in [4.69, 9.17) is 9.59 Å². The smallest absolute Gasteiger partial charge is 0.204 e. The zero-order valence-corrected chi connectivity index (χ0v) is 3.13. The van der Waals surface area contributed by atoms with Gasteiger partial charge >= 0.3 is 0 Å². The van der Waals surface area contributed by atoms with Gasteiger partial charge in [-0.05, 0) is 0 Å². The highest BCUT2D eigenvalue weighted by atomic mass is 16.1. The fourth-order valence-corrected chi connectivity index (χ4v) is 0. The molecular weight excluding hydrogens is 84.0 g/mol. The van der Waals surface area contributed by atoms with Crippen LogP contribution in [0.3, 0.4) is 0 Å². The topological polar surface area (TPSA) is 86.2 Å². The summed E-state index contributed by atoms with van der Waals surface area (Å²) in [6, 6.07) is 0. The summed E-state index contributed by atoms with van der Waals surface area (Å²) in [6.45, 7) is 0. The first-order valence-electron chi connectivity index (χ1n) is 1.14. The zero-order valence-electron chi connectivity index (χ0n) is 3.13. The maximum Gasteiger partial charge on any atom is 0.204 e. The lowest BCUT2D eigenvalue weighted by molar-refractivity contribution is -0.107. The molecule has 4 heteroatoms. The van der Waals surface area contributed by atoms with Crippen LogP contribution in [0.15, 0.2) is 0 Å². The highest BCUT2D eigenvalue weighted by Crippen LogP contribution is 0.801. The highest BCUT2D eigenvalue weighted by Gasteiger charge is 1.19. The molecule has 0 atom stereocenters. The van der Waals surface area contributed by atoms with Crippen LogP contribution in [-0.2, 0) is 9.59 Å². The number of nitrogens with two attached hydrogens (primary N) is 2. The zero-order chi connectivity index (χ0) is 5.41. The molecule has 0 unspecified atom stereocenters. The standard InChI is InChI=1S/2CH3NO/c2*2-1-3/h2*1H,(H2,2,3). The van der Waals surface area contributed by atoms with Crippen LogP contribution < -0.4 is 11.5 Å². The van der Waals surface area contributed by atoms with Crippen molar-refractivity contribution in [3.05, 3.63) is 0 Å². The Balaban J connectivity index is 0. The molecule has 0 fully saturated rings. The van der Waals surface area contributed by atoms with Gasteiger partial charge in [0, 0.05) is 0 Å². The van der Waals surface area contributed by atoms with Crippen LogP contribution in [0, 0.1) is 0 Å². The second kappa shape index (κ2) is 38.5. The second-order valence-corrected chi connectivity index (χ2v) is 0.272. The van der Waals surface area contributed by atoms with Crippen molar-refractivity contribution >= 4 is 12.8 Å². The molecule has 0 bridgehead atoms. The predicted octanol–water partition coefficient (Wildman–Crippen LogP) is -1.80. The van der Waals surface area contributed by atoms with E-state index in [1.165, 1.54) is 0 Å². The molecule has 4 nitrogen and oxygen atoms in total. The summed E-state index contributed by atoms with van der Waals surface area (Å²) in [5, 5.41) is 0. The van der Waals surface area contributed by atoms with Crippen molar-refractivity contribution in [2.45, 2.75) is 0 Å². The van der Waals surface area contributed by atoms with Crippen LogP contribution in [0.25, 0.3) is 0 Å². The van der Waals surface area contributed by atoms with Gasteiger partial charge in [-0.1, -0.05) is 0 Å². The molecular formula is C2H6N2O2. The third-order valence-electron chi connectivity index (χ3n) is 0. The van der Waals surface area contributed by atoms with Crippen LogP contribution in [-0.4, -0.2) is 12.8 Å². The maximum absolute atomic E-state index is 8.58. The SMILES string of the molecule is NC=O.NC=O. The number of rotatable bonds is 0. The minimum absolute atomic E-state index is 0.250. The molecule has 4 N–H and O–H groups in total. The highest BCUT2D eigenvalue weighted by molar-refractivity contribution is 5.42. The maximum atomic E-state index is 8.58. The minimum Gasteiger partial charge on any atom is -0.372 e. The van der Waals surface area contributed by atoms with Gasteiger partial charge in [-0.25, -0.2) is 0 Å². The van der Waals surface area contributed by atoms with E-state index < -0.39 is 0 Å². The predicted molar refractivity (Wildman–Crippen MR) is 20.5 cm³/mol.